The molecular weight excluding hydrogens is 224 g/mol. The fourth-order valence-corrected chi connectivity index (χ4v) is 2.99. The average Bonchev–Trinajstić information content (AvgIpc) is 3.01. The molecule has 1 saturated heterocycles. The number of hydrogen-bond donors (Lipinski definition) is 2. The molecule has 92 valence electrons. The van der Waals surface area contributed by atoms with Gasteiger partial charge in [0.05, 0.1) is 0 Å². The van der Waals surface area contributed by atoms with Crippen LogP contribution < -0.4 is 10.6 Å². The molecule has 2 N–H and O–H groups in total. The summed E-state index contributed by atoms with van der Waals surface area (Å²) in [5, 5.41) is 6.49. The zero-order valence-electron chi connectivity index (χ0n) is 9.79. The van der Waals surface area contributed by atoms with Gasteiger partial charge in [-0.1, -0.05) is 6.92 Å². The van der Waals surface area contributed by atoms with Gasteiger partial charge >= 0.3 is 0 Å². The van der Waals surface area contributed by atoms with Crippen LogP contribution >= 0.6 is 12.4 Å². The third-order valence-corrected chi connectivity index (χ3v) is 4.60. The van der Waals surface area contributed by atoms with E-state index in [1.165, 1.54) is 12.8 Å². The Morgan fingerprint density at radius 1 is 1.56 bits per heavy atom. The lowest BCUT2D eigenvalue weighted by molar-refractivity contribution is -0.123. The molecule has 4 unspecified atom stereocenters. The van der Waals surface area contributed by atoms with Gasteiger partial charge in [-0.2, -0.15) is 0 Å². The van der Waals surface area contributed by atoms with Crippen molar-refractivity contribution in [3.8, 4) is 0 Å². The van der Waals surface area contributed by atoms with E-state index in [2.05, 4.69) is 17.6 Å². The Balaban J connectivity index is 0.000000963. The largest absolute Gasteiger partial charge is 0.356 e. The maximum atomic E-state index is 11.9. The van der Waals surface area contributed by atoms with Gasteiger partial charge in [0.2, 0.25) is 5.91 Å². The number of hydrogen-bond acceptors (Lipinski definition) is 2. The van der Waals surface area contributed by atoms with Crippen LogP contribution in [0.2, 0.25) is 0 Å². The molecule has 1 spiro atoms. The molecule has 16 heavy (non-hydrogen) atoms. The molecule has 0 aromatic carbocycles. The van der Waals surface area contributed by atoms with Gasteiger partial charge < -0.3 is 10.6 Å². The molecule has 0 radical (unpaired) electrons. The van der Waals surface area contributed by atoms with E-state index >= 15 is 0 Å². The first kappa shape index (κ1) is 12.2. The van der Waals surface area contributed by atoms with Crippen LogP contribution in [0.5, 0.6) is 0 Å². The lowest BCUT2D eigenvalue weighted by Crippen LogP contribution is -2.30. The highest BCUT2D eigenvalue weighted by atomic mass is 35.5. The van der Waals surface area contributed by atoms with Gasteiger partial charge in [0.1, 0.15) is 0 Å². The lowest BCUT2D eigenvalue weighted by Gasteiger charge is -2.08. The molecule has 2 aliphatic carbocycles. The summed E-state index contributed by atoms with van der Waals surface area (Å²) in [6, 6.07) is 0. The minimum Gasteiger partial charge on any atom is -0.356 e. The zero-order chi connectivity index (χ0) is 10.5. The van der Waals surface area contributed by atoms with Crippen molar-refractivity contribution in [1.29, 1.82) is 0 Å². The molecule has 3 rings (SSSR count). The highest BCUT2D eigenvalue weighted by Crippen LogP contribution is 2.56. The van der Waals surface area contributed by atoms with Crippen LogP contribution in [0.4, 0.5) is 0 Å². The van der Waals surface area contributed by atoms with E-state index in [0.717, 1.165) is 37.9 Å². The summed E-state index contributed by atoms with van der Waals surface area (Å²) < 4.78 is 0. The number of rotatable bonds is 3. The summed E-state index contributed by atoms with van der Waals surface area (Å²) in [5.74, 6) is 2.25. The first-order chi connectivity index (χ1) is 7.21. The zero-order valence-corrected chi connectivity index (χ0v) is 10.6. The van der Waals surface area contributed by atoms with Crippen LogP contribution in [-0.2, 0) is 4.79 Å². The lowest BCUT2D eigenvalue weighted by atomic mass is 10.0. The van der Waals surface area contributed by atoms with Crippen LogP contribution in [0.3, 0.4) is 0 Å². The summed E-state index contributed by atoms with van der Waals surface area (Å²) in [4.78, 5) is 11.9. The highest BCUT2D eigenvalue weighted by Gasteiger charge is 2.58. The first-order valence-electron chi connectivity index (χ1n) is 6.20. The number of nitrogens with one attached hydrogen (secondary N) is 2. The van der Waals surface area contributed by atoms with Gasteiger partial charge in [0, 0.05) is 19.0 Å². The third-order valence-electron chi connectivity index (χ3n) is 4.60. The Bertz CT molecular complexity index is 289. The van der Waals surface area contributed by atoms with Gasteiger partial charge in [-0.25, -0.2) is 0 Å². The smallest absolute Gasteiger partial charge is 0.223 e. The van der Waals surface area contributed by atoms with Crippen molar-refractivity contribution in [2.24, 2.45) is 23.2 Å². The summed E-state index contributed by atoms with van der Waals surface area (Å²) in [7, 11) is 0. The fourth-order valence-electron chi connectivity index (χ4n) is 2.99. The Kier molecular flexibility index (Phi) is 3.19. The van der Waals surface area contributed by atoms with Crippen LogP contribution in [0, 0.1) is 23.2 Å². The topological polar surface area (TPSA) is 41.1 Å². The predicted octanol–water partition coefficient (Wildman–Crippen LogP) is 1.18. The van der Waals surface area contributed by atoms with Crippen LogP contribution in [-0.4, -0.2) is 25.5 Å². The second-order valence-electron chi connectivity index (χ2n) is 5.76. The average molecular weight is 245 g/mol. The molecule has 0 bridgehead atoms. The molecule has 2 saturated carbocycles. The van der Waals surface area contributed by atoms with Gasteiger partial charge in [-0.15, -0.1) is 12.4 Å². The number of carbonyl (C=O) groups is 1. The molecule has 0 aromatic heterocycles. The van der Waals surface area contributed by atoms with E-state index in [9.17, 15) is 4.79 Å². The Hall–Kier alpha value is -0.280. The molecule has 3 fully saturated rings. The molecule has 1 aliphatic heterocycles. The number of halogens is 1. The molecule has 4 atom stereocenters. The van der Waals surface area contributed by atoms with Crippen molar-refractivity contribution in [3.05, 3.63) is 0 Å². The maximum Gasteiger partial charge on any atom is 0.223 e. The molecule has 0 aromatic rings. The van der Waals surface area contributed by atoms with Gasteiger partial charge in [0.25, 0.3) is 0 Å². The number of amides is 1. The normalized spacial score (nSPS) is 43.9. The minimum atomic E-state index is 0. The van der Waals surface area contributed by atoms with E-state index < -0.39 is 0 Å². The Labute approximate surface area is 103 Å². The first-order valence-corrected chi connectivity index (χ1v) is 6.20. The standard InChI is InChI=1S/C12H20N2O.ClH/c1-8-4-9(8)6-14-11(15)10-5-12(10)2-3-13-7-12;/h8-10,13H,2-7H2,1H3,(H,14,15);1H. The SMILES string of the molecule is CC1CC1CNC(=O)C1CC12CCNC2.Cl. The minimum absolute atomic E-state index is 0. The van der Waals surface area contributed by atoms with Crippen molar-refractivity contribution >= 4 is 18.3 Å². The van der Waals surface area contributed by atoms with Crippen LogP contribution in [0.1, 0.15) is 26.2 Å². The van der Waals surface area contributed by atoms with E-state index in [1.807, 2.05) is 0 Å². The molecule has 4 heteroatoms. The monoisotopic (exact) mass is 244 g/mol. The predicted molar refractivity (Wildman–Crippen MR) is 65.6 cm³/mol. The second-order valence-corrected chi connectivity index (χ2v) is 5.76. The summed E-state index contributed by atoms with van der Waals surface area (Å²) in [5.41, 5.74) is 0.360. The van der Waals surface area contributed by atoms with Crippen LogP contribution in [0.15, 0.2) is 0 Å². The Morgan fingerprint density at radius 2 is 2.31 bits per heavy atom. The van der Waals surface area contributed by atoms with Crippen molar-refractivity contribution in [2.75, 3.05) is 19.6 Å². The summed E-state index contributed by atoms with van der Waals surface area (Å²) in [6.45, 7) is 5.34. The molecule has 1 heterocycles. The molecule has 1 amide bonds. The summed E-state index contributed by atoms with van der Waals surface area (Å²) in [6.07, 6.45) is 3.62. The van der Waals surface area contributed by atoms with Gasteiger partial charge in [-0.05, 0) is 43.1 Å². The van der Waals surface area contributed by atoms with E-state index in [4.69, 9.17) is 0 Å². The summed E-state index contributed by atoms with van der Waals surface area (Å²) >= 11 is 0. The maximum absolute atomic E-state index is 11.9. The van der Waals surface area contributed by atoms with Crippen molar-refractivity contribution < 1.29 is 4.79 Å². The van der Waals surface area contributed by atoms with E-state index in [1.54, 1.807) is 0 Å². The van der Waals surface area contributed by atoms with Crippen molar-refractivity contribution in [3.63, 3.8) is 0 Å². The fraction of sp³-hybridized carbons (Fsp3) is 0.917. The molecular formula is C12H21ClN2O. The molecule has 3 aliphatic rings. The third kappa shape index (κ3) is 2.07. The van der Waals surface area contributed by atoms with Crippen molar-refractivity contribution in [2.45, 2.75) is 26.2 Å². The molecule has 3 nitrogen and oxygen atoms in total. The highest BCUT2D eigenvalue weighted by molar-refractivity contribution is 5.85. The van der Waals surface area contributed by atoms with E-state index in [0.29, 0.717) is 17.2 Å². The Morgan fingerprint density at radius 3 is 2.88 bits per heavy atom. The van der Waals surface area contributed by atoms with Gasteiger partial charge in [-0.3, -0.25) is 4.79 Å². The van der Waals surface area contributed by atoms with Crippen LogP contribution in [0.25, 0.3) is 0 Å². The second kappa shape index (κ2) is 4.19. The van der Waals surface area contributed by atoms with Gasteiger partial charge in [0.15, 0.2) is 0 Å². The number of carbonyl (C=O) groups excluding carboxylic acids is 1. The van der Waals surface area contributed by atoms with Crippen molar-refractivity contribution in [1.82, 2.24) is 10.6 Å². The van der Waals surface area contributed by atoms with E-state index in [-0.39, 0.29) is 12.4 Å². The quantitative estimate of drug-likeness (QED) is 0.783.